The normalized spacial score (nSPS) is 20.4. The van der Waals surface area contributed by atoms with E-state index in [1.165, 1.54) is 0 Å². The van der Waals surface area contributed by atoms with Crippen molar-refractivity contribution in [1.29, 1.82) is 0 Å². The van der Waals surface area contributed by atoms with Crippen LogP contribution in [0.15, 0.2) is 16.5 Å². The highest BCUT2D eigenvalue weighted by Gasteiger charge is 2.23. The second-order valence-electron chi connectivity index (χ2n) is 4.04. The van der Waals surface area contributed by atoms with E-state index < -0.39 is 0 Å². The SMILES string of the molecule is CC(=O)N1CCC(NCc2ccc(Cl)o2)C1. The van der Waals surface area contributed by atoms with E-state index in [-0.39, 0.29) is 5.91 Å². The number of carbonyl (C=O) groups is 1. The minimum atomic E-state index is 0.144. The number of hydrogen-bond acceptors (Lipinski definition) is 3. The van der Waals surface area contributed by atoms with Crippen molar-refractivity contribution in [1.82, 2.24) is 10.2 Å². The highest BCUT2D eigenvalue weighted by molar-refractivity contribution is 6.28. The third-order valence-electron chi connectivity index (χ3n) is 2.83. The van der Waals surface area contributed by atoms with Gasteiger partial charge in [-0.05, 0) is 30.2 Å². The summed E-state index contributed by atoms with van der Waals surface area (Å²) in [6, 6.07) is 3.94. The zero-order valence-electron chi connectivity index (χ0n) is 9.20. The number of halogens is 1. The maximum atomic E-state index is 11.1. The first-order valence-electron chi connectivity index (χ1n) is 5.38. The number of rotatable bonds is 3. The second-order valence-corrected chi connectivity index (χ2v) is 4.41. The fraction of sp³-hybridized carbons (Fsp3) is 0.545. The van der Waals surface area contributed by atoms with Gasteiger partial charge in [0.2, 0.25) is 5.91 Å². The van der Waals surface area contributed by atoms with Crippen LogP contribution in [0.1, 0.15) is 19.1 Å². The van der Waals surface area contributed by atoms with E-state index in [2.05, 4.69) is 5.32 Å². The Kier molecular flexibility index (Phi) is 3.51. The third-order valence-corrected chi connectivity index (χ3v) is 3.03. The molecule has 1 aliphatic heterocycles. The topological polar surface area (TPSA) is 45.5 Å². The van der Waals surface area contributed by atoms with Gasteiger partial charge in [-0.3, -0.25) is 4.79 Å². The first-order chi connectivity index (χ1) is 7.65. The van der Waals surface area contributed by atoms with Crippen LogP contribution in [0.3, 0.4) is 0 Å². The van der Waals surface area contributed by atoms with Gasteiger partial charge in [0.1, 0.15) is 5.76 Å². The zero-order valence-corrected chi connectivity index (χ0v) is 9.96. The van der Waals surface area contributed by atoms with Crippen LogP contribution in [0.5, 0.6) is 0 Å². The molecular formula is C11H15ClN2O2. The molecule has 1 atom stereocenters. The molecule has 88 valence electrons. The zero-order chi connectivity index (χ0) is 11.5. The van der Waals surface area contributed by atoms with Gasteiger partial charge in [-0.15, -0.1) is 0 Å². The Labute approximate surface area is 99.5 Å². The highest BCUT2D eigenvalue weighted by atomic mass is 35.5. The van der Waals surface area contributed by atoms with Gasteiger partial charge < -0.3 is 14.6 Å². The summed E-state index contributed by atoms with van der Waals surface area (Å²) in [7, 11) is 0. The molecule has 1 aromatic rings. The first kappa shape index (κ1) is 11.5. The molecule has 1 unspecified atom stereocenters. The van der Waals surface area contributed by atoms with Gasteiger partial charge >= 0.3 is 0 Å². The maximum Gasteiger partial charge on any atom is 0.219 e. The molecule has 1 aromatic heterocycles. The smallest absolute Gasteiger partial charge is 0.219 e. The standard InChI is InChI=1S/C11H15ClN2O2/c1-8(15)14-5-4-9(7-14)13-6-10-2-3-11(12)16-10/h2-3,9,13H,4-7H2,1H3. The lowest BCUT2D eigenvalue weighted by molar-refractivity contribution is -0.127. The van der Waals surface area contributed by atoms with Crippen molar-refractivity contribution < 1.29 is 9.21 Å². The van der Waals surface area contributed by atoms with Gasteiger partial charge in [-0.2, -0.15) is 0 Å². The molecule has 0 bridgehead atoms. The molecule has 0 aromatic carbocycles. The summed E-state index contributed by atoms with van der Waals surface area (Å²) in [6.45, 7) is 3.88. The van der Waals surface area contributed by atoms with Crippen molar-refractivity contribution in [2.75, 3.05) is 13.1 Å². The Morgan fingerprint density at radius 2 is 2.50 bits per heavy atom. The number of furan rings is 1. The Hall–Kier alpha value is -1.00. The predicted octanol–water partition coefficient (Wildman–Crippen LogP) is 1.64. The molecule has 4 nitrogen and oxygen atoms in total. The Morgan fingerprint density at radius 1 is 1.69 bits per heavy atom. The van der Waals surface area contributed by atoms with Crippen molar-refractivity contribution in [3.8, 4) is 0 Å². The van der Waals surface area contributed by atoms with E-state index in [9.17, 15) is 4.79 Å². The van der Waals surface area contributed by atoms with Gasteiger partial charge in [-0.25, -0.2) is 0 Å². The Bertz CT molecular complexity index is 378. The van der Waals surface area contributed by atoms with Gasteiger partial charge in [0.15, 0.2) is 5.22 Å². The quantitative estimate of drug-likeness (QED) is 0.877. The van der Waals surface area contributed by atoms with E-state index in [1.807, 2.05) is 11.0 Å². The van der Waals surface area contributed by atoms with E-state index >= 15 is 0 Å². The summed E-state index contributed by atoms with van der Waals surface area (Å²) >= 11 is 5.67. The molecule has 1 amide bonds. The molecule has 16 heavy (non-hydrogen) atoms. The minimum Gasteiger partial charge on any atom is -0.448 e. The fourth-order valence-corrected chi connectivity index (χ4v) is 2.07. The lowest BCUT2D eigenvalue weighted by Crippen LogP contribution is -2.33. The van der Waals surface area contributed by atoms with Crippen LogP contribution in [0.2, 0.25) is 5.22 Å². The molecule has 0 saturated carbocycles. The molecule has 1 fully saturated rings. The Morgan fingerprint density at radius 3 is 3.06 bits per heavy atom. The Balaban J connectivity index is 1.77. The third kappa shape index (κ3) is 2.77. The van der Waals surface area contributed by atoms with Gasteiger partial charge in [-0.1, -0.05) is 0 Å². The van der Waals surface area contributed by atoms with Crippen LogP contribution < -0.4 is 5.32 Å². The molecule has 0 radical (unpaired) electrons. The summed E-state index contributed by atoms with van der Waals surface area (Å²) in [6.07, 6.45) is 0.994. The summed E-state index contributed by atoms with van der Waals surface area (Å²) in [5.74, 6) is 0.969. The number of hydrogen-bond donors (Lipinski definition) is 1. The monoisotopic (exact) mass is 242 g/mol. The van der Waals surface area contributed by atoms with E-state index in [0.29, 0.717) is 17.8 Å². The van der Waals surface area contributed by atoms with Crippen molar-refractivity contribution in [3.63, 3.8) is 0 Å². The molecule has 5 heteroatoms. The average molecular weight is 243 g/mol. The summed E-state index contributed by atoms with van der Waals surface area (Å²) in [4.78, 5) is 13.0. The van der Waals surface area contributed by atoms with Crippen LogP contribution in [0, 0.1) is 0 Å². The number of nitrogens with zero attached hydrogens (tertiary/aromatic N) is 1. The molecule has 2 heterocycles. The molecular weight excluding hydrogens is 228 g/mol. The number of carbonyl (C=O) groups excluding carboxylic acids is 1. The van der Waals surface area contributed by atoms with Crippen LogP contribution in [0.4, 0.5) is 0 Å². The molecule has 1 saturated heterocycles. The molecule has 2 rings (SSSR count). The second kappa shape index (κ2) is 4.89. The van der Waals surface area contributed by atoms with Gasteiger partial charge in [0.05, 0.1) is 6.54 Å². The lowest BCUT2D eigenvalue weighted by atomic mass is 10.2. The van der Waals surface area contributed by atoms with E-state index in [0.717, 1.165) is 25.3 Å². The van der Waals surface area contributed by atoms with E-state index in [4.69, 9.17) is 16.0 Å². The average Bonchev–Trinajstić information content (AvgIpc) is 2.83. The van der Waals surface area contributed by atoms with Crippen LogP contribution in [-0.2, 0) is 11.3 Å². The minimum absolute atomic E-state index is 0.144. The van der Waals surface area contributed by atoms with Crippen molar-refractivity contribution in [2.45, 2.75) is 25.9 Å². The van der Waals surface area contributed by atoms with Crippen molar-refractivity contribution in [2.24, 2.45) is 0 Å². The van der Waals surface area contributed by atoms with Gasteiger partial charge in [0.25, 0.3) is 0 Å². The van der Waals surface area contributed by atoms with Crippen molar-refractivity contribution in [3.05, 3.63) is 23.1 Å². The van der Waals surface area contributed by atoms with E-state index in [1.54, 1.807) is 13.0 Å². The first-order valence-corrected chi connectivity index (χ1v) is 5.76. The summed E-state index contributed by atoms with van der Waals surface area (Å²) in [5.41, 5.74) is 0. The van der Waals surface area contributed by atoms with Crippen LogP contribution >= 0.6 is 11.6 Å². The predicted molar refractivity (Wildman–Crippen MR) is 61.2 cm³/mol. The molecule has 1 N–H and O–H groups in total. The molecule has 1 aliphatic rings. The van der Waals surface area contributed by atoms with Crippen LogP contribution in [-0.4, -0.2) is 29.9 Å². The number of amides is 1. The number of nitrogens with one attached hydrogen (secondary N) is 1. The summed E-state index contributed by atoms with van der Waals surface area (Å²) in [5, 5.41) is 3.76. The van der Waals surface area contributed by atoms with Crippen LogP contribution in [0.25, 0.3) is 0 Å². The van der Waals surface area contributed by atoms with Crippen molar-refractivity contribution >= 4 is 17.5 Å². The molecule has 0 spiro atoms. The largest absolute Gasteiger partial charge is 0.448 e. The maximum absolute atomic E-state index is 11.1. The molecule has 0 aliphatic carbocycles. The highest BCUT2D eigenvalue weighted by Crippen LogP contribution is 2.14. The van der Waals surface area contributed by atoms with Gasteiger partial charge in [0, 0.05) is 26.1 Å². The lowest BCUT2D eigenvalue weighted by Gasteiger charge is -2.14. The number of likely N-dealkylation sites (tertiary alicyclic amines) is 1. The fourth-order valence-electron chi connectivity index (χ4n) is 1.90. The summed E-state index contributed by atoms with van der Waals surface area (Å²) < 4.78 is 5.24.